The minimum atomic E-state index is -1.28. The molecule has 0 aromatic heterocycles. The van der Waals surface area contributed by atoms with Gasteiger partial charge in [0.1, 0.15) is 5.56 Å². The van der Waals surface area contributed by atoms with Gasteiger partial charge in [-0.2, -0.15) is 0 Å². The average molecular weight is 342 g/mol. The molecule has 1 atom stereocenters. The summed E-state index contributed by atoms with van der Waals surface area (Å²) < 4.78 is 15.9. The SMILES string of the molecule is COc1ccc2c(c1OC)C(=O)O[C@@H]2Nc1cc(C(=O)[O-])ccc1C. The number of carboxylic acid groups (broad SMARTS) is 1. The number of hydrogen-bond acceptors (Lipinski definition) is 7. The van der Waals surface area contributed by atoms with Gasteiger partial charge in [0, 0.05) is 11.3 Å². The van der Waals surface area contributed by atoms with Crippen LogP contribution in [0.3, 0.4) is 0 Å². The maximum atomic E-state index is 12.3. The zero-order valence-electron chi connectivity index (χ0n) is 13.9. The van der Waals surface area contributed by atoms with Crippen LogP contribution in [-0.4, -0.2) is 26.2 Å². The van der Waals surface area contributed by atoms with Crippen LogP contribution in [0, 0.1) is 6.92 Å². The number of rotatable bonds is 5. The number of carbonyl (C=O) groups is 2. The number of aromatic carboxylic acids is 1. The van der Waals surface area contributed by atoms with E-state index in [9.17, 15) is 14.7 Å². The van der Waals surface area contributed by atoms with E-state index in [1.54, 1.807) is 18.2 Å². The molecule has 0 saturated heterocycles. The molecule has 0 aliphatic carbocycles. The van der Waals surface area contributed by atoms with Gasteiger partial charge in [0.2, 0.25) is 6.23 Å². The molecule has 7 nitrogen and oxygen atoms in total. The zero-order valence-corrected chi connectivity index (χ0v) is 13.9. The van der Waals surface area contributed by atoms with Crippen LogP contribution in [0.25, 0.3) is 0 Å². The maximum absolute atomic E-state index is 12.3. The molecule has 1 N–H and O–H groups in total. The lowest BCUT2D eigenvalue weighted by Gasteiger charge is -2.18. The largest absolute Gasteiger partial charge is 0.545 e. The average Bonchev–Trinajstić information content (AvgIpc) is 2.91. The van der Waals surface area contributed by atoms with Crippen molar-refractivity contribution in [3.8, 4) is 11.5 Å². The second-order valence-electron chi connectivity index (χ2n) is 5.51. The number of fused-ring (bicyclic) bond motifs is 1. The van der Waals surface area contributed by atoms with Gasteiger partial charge in [-0.1, -0.05) is 12.1 Å². The molecule has 1 heterocycles. The van der Waals surface area contributed by atoms with Gasteiger partial charge in [-0.05, 0) is 36.2 Å². The molecule has 130 valence electrons. The number of carboxylic acids is 1. The number of nitrogens with one attached hydrogen (secondary N) is 1. The van der Waals surface area contributed by atoms with Crippen molar-refractivity contribution in [2.45, 2.75) is 13.2 Å². The van der Waals surface area contributed by atoms with Crippen LogP contribution >= 0.6 is 0 Å². The van der Waals surface area contributed by atoms with Crippen LogP contribution < -0.4 is 19.9 Å². The minimum Gasteiger partial charge on any atom is -0.545 e. The third-order valence-corrected chi connectivity index (χ3v) is 4.05. The number of methoxy groups -OCH3 is 2. The number of aryl methyl sites for hydroxylation is 1. The van der Waals surface area contributed by atoms with E-state index in [4.69, 9.17) is 14.2 Å². The summed E-state index contributed by atoms with van der Waals surface area (Å²) in [5.74, 6) is -1.10. The Hall–Kier alpha value is -3.22. The fraction of sp³-hybridized carbons (Fsp3) is 0.222. The summed E-state index contributed by atoms with van der Waals surface area (Å²) in [6.45, 7) is 1.81. The smallest absolute Gasteiger partial charge is 0.344 e. The van der Waals surface area contributed by atoms with E-state index in [1.165, 1.54) is 26.4 Å². The van der Waals surface area contributed by atoms with Gasteiger partial charge >= 0.3 is 5.97 Å². The first-order chi connectivity index (χ1) is 12.0. The van der Waals surface area contributed by atoms with Gasteiger partial charge in [0.05, 0.1) is 20.2 Å². The highest BCUT2D eigenvalue weighted by molar-refractivity contribution is 5.98. The molecule has 1 aliphatic heterocycles. The van der Waals surface area contributed by atoms with Crippen molar-refractivity contribution in [1.29, 1.82) is 0 Å². The standard InChI is InChI=1S/C18H17NO6/c1-9-4-5-10(17(20)21)8-12(9)19-16-11-6-7-13(23-2)15(24-3)14(11)18(22)25-16/h4-8,16,19H,1-3H3,(H,20,21)/p-1/t16-/m0/s1. The third kappa shape index (κ3) is 2.84. The monoisotopic (exact) mass is 342 g/mol. The molecular formula is C18H16NO6-. The highest BCUT2D eigenvalue weighted by Crippen LogP contribution is 2.42. The maximum Gasteiger partial charge on any atom is 0.344 e. The van der Waals surface area contributed by atoms with Gasteiger partial charge in [0.25, 0.3) is 0 Å². The second kappa shape index (κ2) is 6.35. The molecule has 0 amide bonds. The Morgan fingerprint density at radius 1 is 1.20 bits per heavy atom. The molecule has 25 heavy (non-hydrogen) atoms. The predicted molar refractivity (Wildman–Crippen MR) is 86.8 cm³/mol. The molecule has 2 aromatic carbocycles. The number of esters is 1. The first-order valence-electron chi connectivity index (χ1n) is 7.50. The highest BCUT2D eigenvalue weighted by atomic mass is 16.6. The molecule has 0 bridgehead atoms. The van der Waals surface area contributed by atoms with Crippen LogP contribution in [-0.2, 0) is 4.74 Å². The Balaban J connectivity index is 2.00. The molecule has 1 aliphatic rings. The second-order valence-corrected chi connectivity index (χ2v) is 5.51. The summed E-state index contributed by atoms with van der Waals surface area (Å²) in [4.78, 5) is 23.3. The summed E-state index contributed by atoms with van der Waals surface area (Å²) in [7, 11) is 2.93. The first kappa shape index (κ1) is 16.6. The van der Waals surface area contributed by atoms with Gasteiger partial charge in [0.15, 0.2) is 11.5 Å². The van der Waals surface area contributed by atoms with Crippen LogP contribution in [0.1, 0.15) is 38.1 Å². The Bertz CT molecular complexity index is 861. The van der Waals surface area contributed by atoms with Crippen LogP contribution in [0.15, 0.2) is 30.3 Å². The summed E-state index contributed by atoms with van der Waals surface area (Å²) in [6, 6.07) is 7.94. The number of benzene rings is 2. The van der Waals surface area contributed by atoms with E-state index in [2.05, 4.69) is 5.32 Å². The number of hydrogen-bond donors (Lipinski definition) is 1. The van der Waals surface area contributed by atoms with E-state index in [0.717, 1.165) is 5.56 Å². The van der Waals surface area contributed by atoms with Crippen molar-refractivity contribution in [1.82, 2.24) is 0 Å². The van der Waals surface area contributed by atoms with Crippen molar-refractivity contribution >= 4 is 17.6 Å². The predicted octanol–water partition coefficient (Wildman–Crippen LogP) is 1.66. The van der Waals surface area contributed by atoms with Crippen LogP contribution in [0.2, 0.25) is 0 Å². The molecule has 3 rings (SSSR count). The summed E-state index contributed by atoms with van der Waals surface area (Å²) in [5.41, 5.74) is 2.23. The molecule has 0 spiro atoms. The molecular weight excluding hydrogens is 326 g/mol. The fourth-order valence-electron chi connectivity index (χ4n) is 2.75. The number of cyclic esters (lactones) is 1. The number of ether oxygens (including phenoxy) is 3. The summed E-state index contributed by atoms with van der Waals surface area (Å²) in [6.07, 6.45) is -0.766. The molecule has 0 unspecified atom stereocenters. The molecule has 7 heteroatoms. The van der Waals surface area contributed by atoms with E-state index < -0.39 is 18.2 Å². The molecule has 0 saturated carbocycles. The number of anilines is 1. The van der Waals surface area contributed by atoms with Crippen LogP contribution in [0.4, 0.5) is 5.69 Å². The minimum absolute atomic E-state index is 0.0324. The first-order valence-corrected chi connectivity index (χ1v) is 7.50. The van der Waals surface area contributed by atoms with Gasteiger partial charge in [-0.15, -0.1) is 0 Å². The van der Waals surface area contributed by atoms with Gasteiger partial charge in [-0.25, -0.2) is 4.79 Å². The Morgan fingerprint density at radius 3 is 2.60 bits per heavy atom. The highest BCUT2D eigenvalue weighted by Gasteiger charge is 2.36. The van der Waals surface area contributed by atoms with E-state index in [0.29, 0.717) is 22.7 Å². The third-order valence-electron chi connectivity index (χ3n) is 4.05. The lowest BCUT2D eigenvalue weighted by molar-refractivity contribution is -0.255. The van der Waals surface area contributed by atoms with Gasteiger partial charge in [-0.3, -0.25) is 0 Å². The van der Waals surface area contributed by atoms with Crippen molar-refractivity contribution in [3.63, 3.8) is 0 Å². The van der Waals surface area contributed by atoms with Crippen LogP contribution in [0.5, 0.6) is 11.5 Å². The normalized spacial score (nSPS) is 15.3. The molecule has 0 fully saturated rings. The van der Waals surface area contributed by atoms with Gasteiger partial charge < -0.3 is 29.4 Å². The zero-order chi connectivity index (χ0) is 18.1. The fourth-order valence-corrected chi connectivity index (χ4v) is 2.75. The van der Waals surface area contributed by atoms with Crippen molar-refractivity contribution < 1.29 is 28.9 Å². The Kier molecular flexibility index (Phi) is 4.22. The Morgan fingerprint density at radius 2 is 1.96 bits per heavy atom. The quantitative estimate of drug-likeness (QED) is 0.825. The van der Waals surface area contributed by atoms with E-state index in [1.807, 2.05) is 6.92 Å². The summed E-state index contributed by atoms with van der Waals surface area (Å²) >= 11 is 0. The van der Waals surface area contributed by atoms with Crippen molar-refractivity contribution in [2.75, 3.05) is 19.5 Å². The van der Waals surface area contributed by atoms with E-state index in [-0.39, 0.29) is 11.1 Å². The Labute approximate surface area is 144 Å². The molecule has 2 aromatic rings. The summed E-state index contributed by atoms with van der Waals surface area (Å²) in [5, 5.41) is 14.1. The van der Waals surface area contributed by atoms with Crippen molar-refractivity contribution in [3.05, 3.63) is 52.6 Å². The van der Waals surface area contributed by atoms with E-state index >= 15 is 0 Å². The molecule has 0 radical (unpaired) electrons. The van der Waals surface area contributed by atoms with Crippen molar-refractivity contribution in [2.24, 2.45) is 0 Å². The number of carbonyl (C=O) groups excluding carboxylic acids is 2. The lowest BCUT2D eigenvalue weighted by atomic mass is 10.1. The lowest BCUT2D eigenvalue weighted by Crippen LogP contribution is -2.22. The topological polar surface area (TPSA) is 96.9 Å².